The molecule has 1 aromatic rings. The van der Waals surface area contributed by atoms with Gasteiger partial charge in [-0.3, -0.25) is 4.90 Å². The van der Waals surface area contributed by atoms with Crippen LogP contribution in [-0.2, 0) is 0 Å². The van der Waals surface area contributed by atoms with E-state index in [1.807, 2.05) is 0 Å². The van der Waals surface area contributed by atoms with E-state index < -0.39 is 0 Å². The fraction of sp³-hybridized carbons (Fsp3) is 0.600. The highest BCUT2D eigenvalue weighted by atomic mass is 79.9. The second-order valence-corrected chi connectivity index (χ2v) is 6.15. The fourth-order valence-electron chi connectivity index (χ4n) is 2.80. The number of nitrogens with two attached hydrogens (primary N) is 1. The Hall–Kier alpha value is -0.380. The molecule has 1 heterocycles. The third kappa shape index (κ3) is 2.95. The van der Waals surface area contributed by atoms with Gasteiger partial charge >= 0.3 is 0 Å². The van der Waals surface area contributed by atoms with Crippen LogP contribution >= 0.6 is 15.9 Å². The van der Waals surface area contributed by atoms with Crippen LogP contribution < -0.4 is 5.73 Å². The molecule has 1 unspecified atom stereocenters. The van der Waals surface area contributed by atoms with E-state index in [0.29, 0.717) is 6.04 Å². The molecule has 0 bridgehead atoms. The smallest absolute Gasteiger partial charge is 0.0371 e. The zero-order valence-corrected chi connectivity index (χ0v) is 13.0. The highest BCUT2D eigenvalue weighted by Crippen LogP contribution is 2.34. The fourth-order valence-corrected chi connectivity index (χ4v) is 3.53. The first-order chi connectivity index (χ1) is 8.63. The van der Waals surface area contributed by atoms with Crippen molar-refractivity contribution < 1.29 is 0 Å². The molecule has 0 radical (unpaired) electrons. The Morgan fingerprint density at radius 3 is 2.44 bits per heavy atom. The van der Waals surface area contributed by atoms with Crippen molar-refractivity contribution in [1.82, 2.24) is 4.90 Å². The van der Waals surface area contributed by atoms with E-state index in [2.05, 4.69) is 46.8 Å². The zero-order valence-electron chi connectivity index (χ0n) is 11.4. The quantitative estimate of drug-likeness (QED) is 0.921. The van der Waals surface area contributed by atoms with Gasteiger partial charge in [0.05, 0.1) is 0 Å². The second-order valence-electron chi connectivity index (χ2n) is 5.29. The van der Waals surface area contributed by atoms with Crippen LogP contribution in [0, 0.1) is 13.8 Å². The maximum absolute atomic E-state index is 5.81. The summed E-state index contributed by atoms with van der Waals surface area (Å²) in [5.41, 5.74) is 9.93. The van der Waals surface area contributed by atoms with Gasteiger partial charge in [0.2, 0.25) is 0 Å². The van der Waals surface area contributed by atoms with Gasteiger partial charge in [-0.15, -0.1) is 0 Å². The number of benzene rings is 1. The highest BCUT2D eigenvalue weighted by molar-refractivity contribution is 9.10. The summed E-state index contributed by atoms with van der Waals surface area (Å²) in [6.07, 6.45) is 3.69. The molecule has 1 saturated heterocycles. The zero-order chi connectivity index (χ0) is 13.1. The molecule has 2 rings (SSSR count). The maximum atomic E-state index is 5.81. The van der Waals surface area contributed by atoms with E-state index in [4.69, 9.17) is 5.73 Å². The van der Waals surface area contributed by atoms with Crippen molar-refractivity contribution in [3.63, 3.8) is 0 Å². The summed E-state index contributed by atoms with van der Waals surface area (Å²) in [5.74, 6) is 0. The molecule has 1 atom stereocenters. The lowest BCUT2D eigenvalue weighted by molar-refractivity contribution is 0.235. The average molecular weight is 311 g/mol. The van der Waals surface area contributed by atoms with Crippen molar-refractivity contribution in [2.75, 3.05) is 19.6 Å². The summed E-state index contributed by atoms with van der Waals surface area (Å²) in [6, 6.07) is 5.05. The van der Waals surface area contributed by atoms with E-state index >= 15 is 0 Å². The van der Waals surface area contributed by atoms with Crippen molar-refractivity contribution in [3.8, 4) is 0 Å². The number of nitrogens with zero attached hydrogens (tertiary/aromatic N) is 1. The molecule has 100 valence electrons. The molecule has 0 aromatic heterocycles. The molecule has 18 heavy (non-hydrogen) atoms. The van der Waals surface area contributed by atoms with Gasteiger partial charge in [-0.25, -0.2) is 0 Å². The van der Waals surface area contributed by atoms with Crippen LogP contribution in [0.4, 0.5) is 0 Å². The highest BCUT2D eigenvalue weighted by Gasteiger charge is 2.24. The number of halogens is 1. The van der Waals surface area contributed by atoms with Gasteiger partial charge in [0, 0.05) is 10.5 Å². The third-order valence-electron chi connectivity index (χ3n) is 3.99. The predicted molar refractivity (Wildman–Crippen MR) is 80.8 cm³/mol. The first-order valence-electron chi connectivity index (χ1n) is 6.84. The summed E-state index contributed by atoms with van der Waals surface area (Å²) in [5, 5.41) is 0. The molecule has 0 aliphatic carbocycles. The molecule has 1 aliphatic heterocycles. The third-order valence-corrected chi connectivity index (χ3v) is 4.68. The van der Waals surface area contributed by atoms with Gasteiger partial charge in [0.1, 0.15) is 0 Å². The number of hydrogen-bond donors (Lipinski definition) is 1. The van der Waals surface area contributed by atoms with Crippen molar-refractivity contribution in [3.05, 3.63) is 33.3 Å². The van der Waals surface area contributed by atoms with E-state index in [1.54, 1.807) is 0 Å². The average Bonchev–Trinajstić information content (AvgIpc) is 2.85. The van der Waals surface area contributed by atoms with Gasteiger partial charge in [-0.2, -0.15) is 0 Å². The van der Waals surface area contributed by atoms with Crippen LogP contribution in [0.5, 0.6) is 0 Å². The number of likely N-dealkylation sites (tertiary alicyclic amines) is 1. The minimum Gasteiger partial charge on any atom is -0.330 e. The van der Waals surface area contributed by atoms with Crippen molar-refractivity contribution in [2.24, 2.45) is 5.73 Å². The Morgan fingerprint density at radius 1 is 1.22 bits per heavy atom. The number of aryl methyl sites for hydroxylation is 2. The standard InChI is InChI=1S/C15H23BrN2/c1-11-9-13(14(16)10-12(11)2)15(5-6-17)18-7-3-4-8-18/h9-10,15H,3-8,17H2,1-2H3. The normalized spacial score (nSPS) is 18.2. The van der Waals surface area contributed by atoms with Crippen molar-refractivity contribution >= 4 is 15.9 Å². The molecule has 3 heteroatoms. The molecule has 0 amide bonds. The summed E-state index contributed by atoms with van der Waals surface area (Å²) in [4.78, 5) is 2.59. The summed E-state index contributed by atoms with van der Waals surface area (Å²) < 4.78 is 1.23. The van der Waals surface area contributed by atoms with Crippen molar-refractivity contribution in [2.45, 2.75) is 39.2 Å². The van der Waals surface area contributed by atoms with Gasteiger partial charge in [-0.1, -0.05) is 22.0 Å². The van der Waals surface area contributed by atoms with Gasteiger partial charge in [-0.05, 0) is 75.5 Å². The Morgan fingerprint density at radius 2 is 1.83 bits per heavy atom. The van der Waals surface area contributed by atoms with Gasteiger partial charge in [0.15, 0.2) is 0 Å². The summed E-state index contributed by atoms with van der Waals surface area (Å²) >= 11 is 3.73. The van der Waals surface area contributed by atoms with E-state index in [-0.39, 0.29) is 0 Å². The number of rotatable bonds is 4. The van der Waals surface area contributed by atoms with Crippen LogP contribution in [0.1, 0.15) is 42.0 Å². The largest absolute Gasteiger partial charge is 0.330 e. The van der Waals surface area contributed by atoms with E-state index in [0.717, 1.165) is 13.0 Å². The van der Waals surface area contributed by atoms with E-state index in [1.165, 1.54) is 47.1 Å². The lowest BCUT2D eigenvalue weighted by Gasteiger charge is -2.29. The molecule has 2 N–H and O–H groups in total. The minimum absolute atomic E-state index is 0.478. The molecular formula is C15H23BrN2. The SMILES string of the molecule is Cc1cc(Br)c(C(CCN)N2CCCC2)cc1C. The van der Waals surface area contributed by atoms with Gasteiger partial charge < -0.3 is 5.73 Å². The minimum atomic E-state index is 0.478. The summed E-state index contributed by atoms with van der Waals surface area (Å²) in [7, 11) is 0. The Kier molecular flexibility index (Phi) is 4.82. The second kappa shape index (κ2) is 6.18. The van der Waals surface area contributed by atoms with Crippen LogP contribution in [0.3, 0.4) is 0 Å². The Balaban J connectivity index is 2.32. The Bertz CT molecular complexity index is 411. The molecule has 2 nitrogen and oxygen atoms in total. The molecule has 1 aromatic carbocycles. The number of hydrogen-bond acceptors (Lipinski definition) is 2. The monoisotopic (exact) mass is 310 g/mol. The molecule has 1 fully saturated rings. The topological polar surface area (TPSA) is 29.3 Å². The first-order valence-corrected chi connectivity index (χ1v) is 7.63. The molecule has 0 saturated carbocycles. The first kappa shape index (κ1) is 14.0. The van der Waals surface area contributed by atoms with Crippen LogP contribution in [-0.4, -0.2) is 24.5 Å². The summed E-state index contributed by atoms with van der Waals surface area (Å²) in [6.45, 7) is 7.53. The van der Waals surface area contributed by atoms with E-state index in [9.17, 15) is 0 Å². The lowest BCUT2D eigenvalue weighted by atomic mass is 9.98. The Labute approximate surface area is 119 Å². The molecule has 1 aliphatic rings. The maximum Gasteiger partial charge on any atom is 0.0371 e. The van der Waals surface area contributed by atoms with Gasteiger partial charge in [0.25, 0.3) is 0 Å². The van der Waals surface area contributed by atoms with Crippen molar-refractivity contribution in [1.29, 1.82) is 0 Å². The van der Waals surface area contributed by atoms with Crippen LogP contribution in [0.2, 0.25) is 0 Å². The molecule has 0 spiro atoms. The lowest BCUT2D eigenvalue weighted by Crippen LogP contribution is -2.28. The predicted octanol–water partition coefficient (Wildman–Crippen LogP) is 3.55. The van der Waals surface area contributed by atoms with Crippen LogP contribution in [0.15, 0.2) is 16.6 Å². The van der Waals surface area contributed by atoms with Crippen LogP contribution in [0.25, 0.3) is 0 Å². The molecular weight excluding hydrogens is 288 g/mol.